The molecular formula is C18H25NO4S. The quantitative estimate of drug-likeness (QED) is 0.824. The number of rotatable bonds is 6. The van der Waals surface area contributed by atoms with Gasteiger partial charge in [0.2, 0.25) is 0 Å². The molecule has 3 rings (SSSR count). The van der Waals surface area contributed by atoms with Gasteiger partial charge in [-0.1, -0.05) is 19.3 Å². The first-order valence-corrected chi connectivity index (χ1v) is 10.2. The third-order valence-corrected chi connectivity index (χ3v) is 7.84. The molecule has 0 spiro atoms. The second-order valence-electron chi connectivity index (χ2n) is 7.17. The highest BCUT2D eigenvalue weighted by atomic mass is 32.2. The molecule has 2 fully saturated rings. The molecular weight excluding hydrogens is 326 g/mol. The number of benzene rings is 1. The summed E-state index contributed by atoms with van der Waals surface area (Å²) in [6.45, 7) is 0.552. The van der Waals surface area contributed by atoms with Gasteiger partial charge in [0, 0.05) is 17.5 Å². The number of amides is 1. The Morgan fingerprint density at radius 1 is 1.12 bits per heavy atom. The Bertz CT molecular complexity index is 681. The Hall–Kier alpha value is -1.40. The van der Waals surface area contributed by atoms with E-state index in [1.54, 1.807) is 12.1 Å². The minimum absolute atomic E-state index is 0.0891. The van der Waals surface area contributed by atoms with Crippen LogP contribution in [0.5, 0.6) is 0 Å². The van der Waals surface area contributed by atoms with E-state index in [9.17, 15) is 18.3 Å². The van der Waals surface area contributed by atoms with Gasteiger partial charge in [0.25, 0.3) is 5.91 Å². The molecule has 0 atom stereocenters. The van der Waals surface area contributed by atoms with Crippen LogP contribution >= 0.6 is 0 Å². The summed E-state index contributed by atoms with van der Waals surface area (Å²) >= 11 is 0. The van der Waals surface area contributed by atoms with E-state index in [-0.39, 0.29) is 23.2 Å². The van der Waals surface area contributed by atoms with E-state index in [4.69, 9.17) is 0 Å². The maximum absolute atomic E-state index is 12.5. The van der Waals surface area contributed by atoms with Crippen LogP contribution in [-0.4, -0.2) is 37.8 Å². The van der Waals surface area contributed by atoms with Gasteiger partial charge in [-0.05, 0) is 49.9 Å². The molecule has 1 amide bonds. The summed E-state index contributed by atoms with van der Waals surface area (Å²) in [6.07, 6.45) is 6.35. The Morgan fingerprint density at radius 3 is 2.25 bits per heavy atom. The Morgan fingerprint density at radius 2 is 1.75 bits per heavy atom. The molecule has 2 saturated carbocycles. The second-order valence-corrected chi connectivity index (χ2v) is 9.40. The van der Waals surface area contributed by atoms with Gasteiger partial charge < -0.3 is 10.4 Å². The SMILES string of the molecule is O=C(NCC1(CO)CCC1)c1ccc(S(=O)(=O)C2CCCC2)cc1. The number of carbonyl (C=O) groups is 1. The van der Waals surface area contributed by atoms with Crippen LogP contribution in [0, 0.1) is 5.41 Å². The third-order valence-electron chi connectivity index (χ3n) is 5.56. The van der Waals surface area contributed by atoms with E-state index in [0.717, 1.165) is 44.9 Å². The van der Waals surface area contributed by atoms with Crippen molar-refractivity contribution < 1.29 is 18.3 Å². The molecule has 0 aromatic heterocycles. The average molecular weight is 351 g/mol. The van der Waals surface area contributed by atoms with Crippen LogP contribution in [0.15, 0.2) is 29.2 Å². The van der Waals surface area contributed by atoms with Crippen molar-refractivity contribution in [2.75, 3.05) is 13.2 Å². The van der Waals surface area contributed by atoms with Crippen molar-refractivity contribution in [2.45, 2.75) is 55.1 Å². The van der Waals surface area contributed by atoms with Crippen LogP contribution in [0.25, 0.3) is 0 Å². The van der Waals surface area contributed by atoms with Crippen LogP contribution in [0.2, 0.25) is 0 Å². The van der Waals surface area contributed by atoms with Gasteiger partial charge in [-0.25, -0.2) is 8.42 Å². The molecule has 2 aliphatic rings. The summed E-state index contributed by atoms with van der Waals surface area (Å²) in [4.78, 5) is 12.5. The van der Waals surface area contributed by atoms with Crippen molar-refractivity contribution in [1.29, 1.82) is 0 Å². The summed E-state index contributed by atoms with van der Waals surface area (Å²) in [5.41, 5.74) is 0.286. The number of hydrogen-bond donors (Lipinski definition) is 2. The molecule has 0 heterocycles. The van der Waals surface area contributed by atoms with Gasteiger partial charge in [-0.15, -0.1) is 0 Å². The van der Waals surface area contributed by atoms with Gasteiger partial charge in [0.1, 0.15) is 0 Å². The van der Waals surface area contributed by atoms with Gasteiger partial charge in [-0.3, -0.25) is 4.79 Å². The van der Waals surface area contributed by atoms with Gasteiger partial charge in [0.05, 0.1) is 16.8 Å². The lowest BCUT2D eigenvalue weighted by atomic mass is 9.69. The minimum atomic E-state index is -3.28. The number of hydrogen-bond acceptors (Lipinski definition) is 4. The van der Waals surface area contributed by atoms with Crippen molar-refractivity contribution in [3.63, 3.8) is 0 Å². The zero-order valence-corrected chi connectivity index (χ0v) is 14.6. The number of aliphatic hydroxyl groups excluding tert-OH is 1. The van der Waals surface area contributed by atoms with E-state index in [2.05, 4.69) is 5.32 Å². The second kappa shape index (κ2) is 6.84. The summed E-state index contributed by atoms with van der Waals surface area (Å²) in [6, 6.07) is 6.22. The van der Waals surface area contributed by atoms with Crippen LogP contribution in [0.4, 0.5) is 0 Å². The van der Waals surface area contributed by atoms with Crippen molar-refractivity contribution in [1.82, 2.24) is 5.32 Å². The van der Waals surface area contributed by atoms with Crippen LogP contribution in [0.3, 0.4) is 0 Å². The molecule has 6 heteroatoms. The maximum atomic E-state index is 12.5. The molecule has 132 valence electrons. The highest BCUT2D eigenvalue weighted by molar-refractivity contribution is 7.92. The molecule has 0 radical (unpaired) electrons. The first kappa shape index (κ1) is 17.4. The Labute approximate surface area is 143 Å². The topological polar surface area (TPSA) is 83.5 Å². The van der Waals surface area contributed by atoms with E-state index in [1.165, 1.54) is 12.1 Å². The van der Waals surface area contributed by atoms with E-state index in [1.807, 2.05) is 0 Å². The van der Waals surface area contributed by atoms with E-state index in [0.29, 0.717) is 17.0 Å². The van der Waals surface area contributed by atoms with Crippen molar-refractivity contribution in [3.8, 4) is 0 Å². The van der Waals surface area contributed by atoms with Gasteiger partial charge in [0.15, 0.2) is 9.84 Å². The molecule has 1 aromatic carbocycles. The Kier molecular flexibility index (Phi) is 4.97. The fourth-order valence-corrected chi connectivity index (χ4v) is 5.48. The molecule has 0 bridgehead atoms. The zero-order valence-electron chi connectivity index (χ0n) is 13.8. The van der Waals surface area contributed by atoms with E-state index >= 15 is 0 Å². The summed E-state index contributed by atoms with van der Waals surface area (Å²) in [5.74, 6) is -0.223. The van der Waals surface area contributed by atoms with Crippen LogP contribution in [0.1, 0.15) is 55.3 Å². The summed E-state index contributed by atoms with van der Waals surface area (Å²) in [5, 5.41) is 12.0. The Balaban J connectivity index is 1.64. The highest BCUT2D eigenvalue weighted by Gasteiger charge is 2.36. The molecule has 0 unspecified atom stereocenters. The number of carbonyl (C=O) groups excluding carboxylic acids is 1. The number of nitrogens with one attached hydrogen (secondary N) is 1. The van der Waals surface area contributed by atoms with Crippen molar-refractivity contribution in [3.05, 3.63) is 29.8 Å². The molecule has 0 saturated heterocycles. The predicted octanol–water partition coefficient (Wildman–Crippen LogP) is 2.30. The molecule has 2 N–H and O–H groups in total. The lowest BCUT2D eigenvalue weighted by Crippen LogP contribution is -2.44. The van der Waals surface area contributed by atoms with Crippen LogP contribution < -0.4 is 5.32 Å². The lowest BCUT2D eigenvalue weighted by molar-refractivity contribution is 0.0429. The lowest BCUT2D eigenvalue weighted by Gasteiger charge is -2.40. The summed E-state index contributed by atoms with van der Waals surface area (Å²) in [7, 11) is -3.28. The molecule has 24 heavy (non-hydrogen) atoms. The summed E-state index contributed by atoms with van der Waals surface area (Å²) < 4.78 is 25.1. The first-order chi connectivity index (χ1) is 11.5. The maximum Gasteiger partial charge on any atom is 0.251 e. The minimum Gasteiger partial charge on any atom is -0.396 e. The van der Waals surface area contributed by atoms with Crippen molar-refractivity contribution in [2.24, 2.45) is 5.41 Å². The number of sulfone groups is 1. The number of aliphatic hydroxyl groups is 1. The van der Waals surface area contributed by atoms with Crippen molar-refractivity contribution >= 4 is 15.7 Å². The average Bonchev–Trinajstić information content (AvgIpc) is 3.09. The van der Waals surface area contributed by atoms with Gasteiger partial charge in [-0.2, -0.15) is 0 Å². The third kappa shape index (κ3) is 3.35. The van der Waals surface area contributed by atoms with Gasteiger partial charge >= 0.3 is 0 Å². The highest BCUT2D eigenvalue weighted by Crippen LogP contribution is 2.39. The smallest absolute Gasteiger partial charge is 0.251 e. The van der Waals surface area contributed by atoms with E-state index < -0.39 is 9.84 Å². The normalized spacial score (nSPS) is 20.5. The molecule has 5 nitrogen and oxygen atoms in total. The molecule has 2 aliphatic carbocycles. The fraction of sp³-hybridized carbons (Fsp3) is 0.611. The standard InChI is InChI=1S/C18H25NO4S/c20-13-18(10-3-11-18)12-19-17(21)14-6-8-16(9-7-14)24(22,23)15-4-1-2-5-15/h6-9,15,20H,1-5,10-13H2,(H,19,21). The first-order valence-electron chi connectivity index (χ1n) is 8.70. The zero-order chi connectivity index (χ0) is 17.2. The largest absolute Gasteiger partial charge is 0.396 e. The predicted molar refractivity (Wildman–Crippen MR) is 91.6 cm³/mol. The fourth-order valence-electron chi connectivity index (χ4n) is 3.62. The monoisotopic (exact) mass is 351 g/mol. The molecule has 0 aliphatic heterocycles. The van der Waals surface area contributed by atoms with Crippen LogP contribution in [-0.2, 0) is 9.84 Å². The molecule has 1 aromatic rings.